The zero-order valence-corrected chi connectivity index (χ0v) is 11.9. The Morgan fingerprint density at radius 1 is 0.600 bits per heavy atom. The molecular weight excluding hydrogens is 402 g/mol. The van der Waals surface area contributed by atoms with E-state index >= 15 is 0 Å². The van der Waals surface area contributed by atoms with Gasteiger partial charge in [-0.1, -0.05) is 6.92 Å². The highest BCUT2D eigenvalue weighted by molar-refractivity contribution is 5.05. The van der Waals surface area contributed by atoms with Crippen molar-refractivity contribution >= 4 is 0 Å². The van der Waals surface area contributed by atoms with Crippen LogP contribution in [0, 0.1) is 0 Å². The molecule has 1 nitrogen and oxygen atoms in total. The predicted octanol–water partition coefficient (Wildman–Crippen LogP) is 5.80. The first-order valence-electron chi connectivity index (χ1n) is 5.86. The van der Waals surface area contributed by atoms with Gasteiger partial charge in [0.15, 0.2) is 0 Å². The topological polar surface area (TPSA) is 9.23 Å². The van der Waals surface area contributed by atoms with E-state index < -0.39 is 55.2 Å². The van der Waals surface area contributed by atoms with Gasteiger partial charge in [0.1, 0.15) is 0 Å². The van der Waals surface area contributed by atoms with Crippen molar-refractivity contribution in [3.8, 4) is 0 Å². The monoisotopic (exact) mass is 410 g/mol. The van der Waals surface area contributed by atoms with Crippen molar-refractivity contribution < 1.29 is 66.2 Å². The number of halogens is 14. The van der Waals surface area contributed by atoms with Gasteiger partial charge in [-0.2, -0.15) is 57.1 Å². The van der Waals surface area contributed by atoms with Gasteiger partial charge >= 0.3 is 41.8 Å². The largest absolute Gasteiger partial charge is 0.448 e. The lowest BCUT2D eigenvalue weighted by molar-refractivity contribution is -0.490. The summed E-state index contributed by atoms with van der Waals surface area (Å²) in [4.78, 5) is 0. The van der Waals surface area contributed by atoms with Crippen LogP contribution in [0.25, 0.3) is 0 Å². The molecule has 152 valence electrons. The molecule has 0 aliphatic rings. The van der Waals surface area contributed by atoms with Crippen molar-refractivity contribution in [1.29, 1.82) is 0 Å². The third-order valence-electron chi connectivity index (χ3n) is 2.87. The second kappa shape index (κ2) is 6.01. The summed E-state index contributed by atoms with van der Waals surface area (Å²) >= 11 is 0. The van der Waals surface area contributed by atoms with Gasteiger partial charge in [-0.3, -0.25) is 4.74 Å². The molecule has 0 N–H and O–H groups in total. The molecule has 0 rings (SSSR count). The highest BCUT2D eigenvalue weighted by Crippen LogP contribution is 2.58. The quantitative estimate of drug-likeness (QED) is 0.483. The van der Waals surface area contributed by atoms with Gasteiger partial charge in [-0.25, -0.2) is 4.39 Å². The Bertz CT molecular complexity index is 475. The minimum Gasteiger partial charge on any atom is -0.269 e. The first-order valence-corrected chi connectivity index (χ1v) is 5.86. The number of ether oxygens (including phenoxy) is 1. The maximum Gasteiger partial charge on any atom is 0.448 e. The van der Waals surface area contributed by atoms with Crippen LogP contribution in [-0.4, -0.2) is 41.8 Å². The number of hydrogen-bond acceptors (Lipinski definition) is 1. The van der Waals surface area contributed by atoms with Crippen LogP contribution in [0.4, 0.5) is 61.5 Å². The highest BCUT2D eigenvalue weighted by Gasteiger charge is 2.87. The molecule has 0 saturated heterocycles. The van der Waals surface area contributed by atoms with Crippen LogP contribution in [0.3, 0.4) is 0 Å². The number of hydrogen-bond donors (Lipinski definition) is 0. The van der Waals surface area contributed by atoms with Gasteiger partial charge in [-0.15, -0.1) is 0 Å². The van der Waals surface area contributed by atoms with E-state index in [9.17, 15) is 61.5 Å². The van der Waals surface area contributed by atoms with E-state index in [1.807, 2.05) is 0 Å². The second-order valence-electron chi connectivity index (χ2n) is 4.81. The molecule has 1 atom stereocenters. The zero-order chi connectivity index (χ0) is 20.9. The molecule has 1 unspecified atom stereocenters. The first-order chi connectivity index (χ1) is 10.5. The third-order valence-corrected chi connectivity index (χ3v) is 2.87. The molecule has 0 saturated carbocycles. The van der Waals surface area contributed by atoms with Crippen molar-refractivity contribution in [2.45, 2.75) is 62.1 Å². The van der Waals surface area contributed by atoms with Gasteiger partial charge in [0, 0.05) is 13.3 Å². The lowest BCUT2D eigenvalue weighted by Gasteiger charge is -2.40. The molecule has 0 heterocycles. The zero-order valence-electron chi connectivity index (χ0n) is 11.9. The Hall–Kier alpha value is -1.02. The van der Waals surface area contributed by atoms with E-state index in [-0.39, 0.29) is 6.92 Å². The van der Waals surface area contributed by atoms with Crippen LogP contribution in [0.1, 0.15) is 20.3 Å². The van der Waals surface area contributed by atoms with Gasteiger partial charge in [0.05, 0.1) is 0 Å². The van der Waals surface area contributed by atoms with Gasteiger partial charge in [-0.05, 0) is 0 Å². The smallest absolute Gasteiger partial charge is 0.269 e. The molecular formula is C10H8F14O. The molecule has 0 aliphatic carbocycles. The summed E-state index contributed by atoms with van der Waals surface area (Å²) < 4.78 is 181. The molecule has 0 aromatic carbocycles. The second-order valence-corrected chi connectivity index (χ2v) is 4.81. The maximum absolute atomic E-state index is 13.2. The van der Waals surface area contributed by atoms with Crippen LogP contribution in [0.5, 0.6) is 0 Å². The van der Waals surface area contributed by atoms with Crippen LogP contribution in [0.15, 0.2) is 0 Å². The predicted molar refractivity (Wildman–Crippen MR) is 51.7 cm³/mol. The van der Waals surface area contributed by atoms with Crippen LogP contribution >= 0.6 is 0 Å². The van der Waals surface area contributed by atoms with E-state index in [1.54, 1.807) is 0 Å². The van der Waals surface area contributed by atoms with E-state index in [0.29, 0.717) is 0 Å². The van der Waals surface area contributed by atoms with Gasteiger partial charge in [0.2, 0.25) is 0 Å². The Labute approximate surface area is 129 Å². The van der Waals surface area contributed by atoms with Crippen LogP contribution in [-0.2, 0) is 4.74 Å². The lowest BCUT2D eigenvalue weighted by Crippen LogP contribution is -2.68. The van der Waals surface area contributed by atoms with Crippen molar-refractivity contribution in [3.05, 3.63) is 0 Å². The summed E-state index contributed by atoms with van der Waals surface area (Å²) in [6, 6.07) is 0. The average Bonchev–Trinajstić information content (AvgIpc) is 2.34. The molecule has 0 aliphatic heterocycles. The van der Waals surface area contributed by atoms with Crippen molar-refractivity contribution in [1.82, 2.24) is 0 Å². The minimum atomic E-state index is -7.65. The van der Waals surface area contributed by atoms with Crippen LogP contribution < -0.4 is 0 Å². The molecule has 0 amide bonds. The van der Waals surface area contributed by atoms with E-state index in [4.69, 9.17) is 0 Å². The Balaban J connectivity index is 6.14. The van der Waals surface area contributed by atoms with E-state index in [1.165, 1.54) is 0 Å². The number of alkyl halides is 14. The van der Waals surface area contributed by atoms with E-state index in [2.05, 4.69) is 4.74 Å². The lowest BCUT2D eigenvalue weighted by atomic mass is 9.98. The fourth-order valence-corrected chi connectivity index (χ4v) is 1.25. The van der Waals surface area contributed by atoms with Crippen molar-refractivity contribution in [2.24, 2.45) is 0 Å². The molecule has 15 heteroatoms. The summed E-state index contributed by atoms with van der Waals surface area (Å²) in [5.74, 6) is -34.1. The Morgan fingerprint density at radius 2 is 0.960 bits per heavy atom. The van der Waals surface area contributed by atoms with Crippen LogP contribution in [0.2, 0.25) is 0 Å². The van der Waals surface area contributed by atoms with Gasteiger partial charge < -0.3 is 0 Å². The highest BCUT2D eigenvalue weighted by atomic mass is 19.4. The van der Waals surface area contributed by atoms with Crippen molar-refractivity contribution in [3.63, 3.8) is 0 Å². The van der Waals surface area contributed by atoms with Crippen molar-refractivity contribution in [2.75, 3.05) is 0 Å². The summed E-state index contributed by atoms with van der Waals surface area (Å²) in [5, 5.41) is 0. The fraction of sp³-hybridized carbons (Fsp3) is 1.00. The SMILES string of the molecule is CCC(F)(OC(F)(F)C(F)(F)C(F)(F)C(F)(F)C(C)(F)F)C(F)(F)F. The summed E-state index contributed by atoms with van der Waals surface area (Å²) in [6.45, 7) is -0.911. The third kappa shape index (κ3) is 3.60. The molecule has 25 heavy (non-hydrogen) atoms. The summed E-state index contributed by atoms with van der Waals surface area (Å²) in [7, 11) is 0. The standard InChI is InChI=1S/C10H8F14O/c1-3-5(13,9(20,21)22)25-10(23,24)8(18,19)7(16,17)6(14,15)4(2,11)12/h3H2,1-2H3. The minimum absolute atomic E-state index is 0.120. The summed E-state index contributed by atoms with van der Waals surface area (Å²) in [6.07, 6.45) is -15.9. The average molecular weight is 410 g/mol. The molecule has 0 aromatic heterocycles. The normalized spacial score (nSPS) is 18.2. The maximum atomic E-state index is 13.2. The Kier molecular flexibility index (Phi) is 5.76. The molecule has 0 bridgehead atoms. The fourth-order valence-electron chi connectivity index (χ4n) is 1.25. The molecule has 0 radical (unpaired) electrons. The summed E-state index contributed by atoms with van der Waals surface area (Å²) in [5.41, 5.74) is 0. The van der Waals surface area contributed by atoms with E-state index in [0.717, 1.165) is 0 Å². The molecule has 0 aromatic rings. The molecule has 0 fully saturated rings. The number of rotatable bonds is 7. The Morgan fingerprint density at radius 3 is 1.20 bits per heavy atom. The first kappa shape index (κ1) is 24.0. The molecule has 0 spiro atoms. The van der Waals surface area contributed by atoms with Gasteiger partial charge in [0.25, 0.3) is 0 Å².